The van der Waals surface area contributed by atoms with Crippen molar-refractivity contribution >= 4 is 28.5 Å². The van der Waals surface area contributed by atoms with Crippen LogP contribution < -0.4 is 4.90 Å². The van der Waals surface area contributed by atoms with Crippen molar-refractivity contribution < 1.29 is 27.5 Å². The van der Waals surface area contributed by atoms with Crippen molar-refractivity contribution in [2.24, 2.45) is 0 Å². The normalized spacial score (nSPS) is 17.8. The van der Waals surface area contributed by atoms with Gasteiger partial charge in [0.2, 0.25) is 11.4 Å². The lowest BCUT2D eigenvalue weighted by atomic mass is 9.98. The number of esters is 1. The first-order valence-electron chi connectivity index (χ1n) is 8.64. The van der Waals surface area contributed by atoms with Gasteiger partial charge in [-0.2, -0.15) is 13.2 Å². The van der Waals surface area contributed by atoms with Crippen LogP contribution in [0.25, 0.3) is 0 Å². The first-order chi connectivity index (χ1) is 13.4. The highest BCUT2D eigenvalue weighted by molar-refractivity contribution is 7.15. The Hall–Kier alpha value is -2.69. The number of amides is 2. The molecule has 2 amide bonds. The van der Waals surface area contributed by atoms with Crippen LogP contribution in [0.2, 0.25) is 0 Å². The molecule has 1 saturated heterocycles. The molecule has 1 aromatic carbocycles. The molecule has 0 aliphatic carbocycles. The molecule has 0 radical (unpaired) electrons. The second-order valence-corrected chi connectivity index (χ2v) is 8.56. The summed E-state index contributed by atoms with van der Waals surface area (Å²) in [5.74, 6) is -0.836. The number of rotatable bonds is 3. The fourth-order valence-corrected chi connectivity index (χ4v) is 3.54. The Morgan fingerprint density at radius 1 is 1.17 bits per heavy atom. The van der Waals surface area contributed by atoms with Crippen LogP contribution in [0.4, 0.5) is 23.1 Å². The third-order valence-electron chi connectivity index (χ3n) is 4.20. The molecule has 1 fully saturated rings. The number of halogens is 3. The summed E-state index contributed by atoms with van der Waals surface area (Å²) >= 11 is 1.21. The zero-order chi connectivity index (χ0) is 21.6. The van der Waals surface area contributed by atoms with Gasteiger partial charge in [0, 0.05) is 12.5 Å². The van der Waals surface area contributed by atoms with Crippen molar-refractivity contribution in [2.75, 3.05) is 18.5 Å². The number of benzene rings is 1. The fourth-order valence-electron chi connectivity index (χ4n) is 2.60. The largest absolute Gasteiger partial charge is 0.435 e. The summed E-state index contributed by atoms with van der Waals surface area (Å²) in [6.07, 6.45) is -5.47. The first kappa shape index (κ1) is 21.0. The maximum atomic E-state index is 12.7. The molecule has 29 heavy (non-hydrogen) atoms. The number of carbonyl (C=O) groups is 2. The summed E-state index contributed by atoms with van der Waals surface area (Å²) in [7, 11) is 1.55. The van der Waals surface area contributed by atoms with Gasteiger partial charge in [0.05, 0.1) is 17.7 Å². The maximum absolute atomic E-state index is 12.7. The summed E-state index contributed by atoms with van der Waals surface area (Å²) in [6.45, 7) is 5.96. The van der Waals surface area contributed by atoms with E-state index in [-0.39, 0.29) is 22.7 Å². The number of hydrogen-bond donors (Lipinski definition) is 0. The number of urea groups is 1. The van der Waals surface area contributed by atoms with Gasteiger partial charge in [0.15, 0.2) is 0 Å². The SMILES string of the molecule is CN1CC(OC(=O)c2ccc(C(F)(F)F)cc2)N(c2nnc(C(C)(C)C)s2)C1=O. The first-order valence-corrected chi connectivity index (χ1v) is 9.46. The standard InChI is InChI=1S/C18H19F3N4O3S/c1-17(2,3)14-22-23-15(29-14)25-12(9-24(4)16(25)27)28-13(26)10-5-7-11(8-6-10)18(19,20)21/h5-8,12H,9H2,1-4H3. The molecular formula is C18H19F3N4O3S. The number of ether oxygens (including phenoxy) is 1. The average Bonchev–Trinajstić information content (AvgIpc) is 3.20. The molecule has 0 spiro atoms. The van der Waals surface area contributed by atoms with E-state index in [4.69, 9.17) is 4.74 Å². The summed E-state index contributed by atoms with van der Waals surface area (Å²) in [4.78, 5) is 27.5. The number of anilines is 1. The molecule has 2 aromatic rings. The number of nitrogens with zero attached hydrogens (tertiary/aromatic N) is 4. The van der Waals surface area contributed by atoms with E-state index in [9.17, 15) is 22.8 Å². The Bertz CT molecular complexity index is 922. The van der Waals surface area contributed by atoms with Crippen molar-refractivity contribution in [3.63, 3.8) is 0 Å². The summed E-state index contributed by atoms with van der Waals surface area (Å²) in [5.41, 5.74) is -1.18. The molecule has 0 bridgehead atoms. The summed E-state index contributed by atoms with van der Waals surface area (Å²) < 4.78 is 43.5. The van der Waals surface area contributed by atoms with Crippen LogP contribution in [0, 0.1) is 0 Å². The van der Waals surface area contributed by atoms with Gasteiger partial charge in [-0.25, -0.2) is 14.5 Å². The highest BCUT2D eigenvalue weighted by Crippen LogP contribution is 2.33. The van der Waals surface area contributed by atoms with Crippen molar-refractivity contribution in [3.8, 4) is 0 Å². The van der Waals surface area contributed by atoms with Gasteiger partial charge in [-0.1, -0.05) is 32.1 Å². The highest BCUT2D eigenvalue weighted by atomic mass is 32.1. The van der Waals surface area contributed by atoms with Gasteiger partial charge >= 0.3 is 18.2 Å². The third-order valence-corrected chi connectivity index (χ3v) is 5.55. The predicted molar refractivity (Wildman–Crippen MR) is 99.8 cm³/mol. The van der Waals surface area contributed by atoms with E-state index < -0.39 is 30.0 Å². The Kier molecular flexibility index (Phi) is 5.28. The zero-order valence-corrected chi connectivity index (χ0v) is 17.0. The maximum Gasteiger partial charge on any atom is 0.416 e. The minimum Gasteiger partial charge on any atom is -0.435 e. The molecule has 0 saturated carbocycles. The van der Waals surface area contributed by atoms with Crippen LogP contribution in [-0.4, -0.2) is 46.9 Å². The second-order valence-electron chi connectivity index (χ2n) is 7.61. The highest BCUT2D eigenvalue weighted by Gasteiger charge is 2.41. The Labute approximate surface area is 169 Å². The molecular weight excluding hydrogens is 409 g/mol. The predicted octanol–water partition coefficient (Wildman–Crippen LogP) is 3.91. The molecule has 1 aliphatic rings. The lowest BCUT2D eigenvalue weighted by Crippen LogP contribution is -2.37. The molecule has 1 aliphatic heterocycles. The number of carbonyl (C=O) groups excluding carboxylic acids is 2. The number of likely N-dealkylation sites (N-methyl/N-ethyl adjacent to an activating group) is 1. The van der Waals surface area contributed by atoms with Crippen LogP contribution in [0.3, 0.4) is 0 Å². The van der Waals surface area contributed by atoms with E-state index in [1.165, 1.54) is 21.1 Å². The Morgan fingerprint density at radius 2 is 1.79 bits per heavy atom. The zero-order valence-electron chi connectivity index (χ0n) is 16.1. The van der Waals surface area contributed by atoms with Gasteiger partial charge in [-0.15, -0.1) is 10.2 Å². The van der Waals surface area contributed by atoms with Crippen molar-refractivity contribution in [1.82, 2.24) is 15.1 Å². The minimum absolute atomic E-state index is 0.0485. The lowest BCUT2D eigenvalue weighted by Gasteiger charge is -2.20. The van der Waals surface area contributed by atoms with E-state index in [0.29, 0.717) is 5.01 Å². The monoisotopic (exact) mass is 428 g/mol. The number of aromatic nitrogens is 2. The van der Waals surface area contributed by atoms with Crippen molar-refractivity contribution in [1.29, 1.82) is 0 Å². The Balaban J connectivity index is 1.80. The van der Waals surface area contributed by atoms with Crippen LogP contribution in [0.5, 0.6) is 0 Å². The molecule has 7 nitrogen and oxygen atoms in total. The van der Waals surface area contributed by atoms with E-state index in [1.54, 1.807) is 7.05 Å². The van der Waals surface area contributed by atoms with Gasteiger partial charge in [-0.3, -0.25) is 0 Å². The third kappa shape index (κ3) is 4.34. The lowest BCUT2D eigenvalue weighted by molar-refractivity contribution is -0.137. The van der Waals surface area contributed by atoms with E-state index in [2.05, 4.69) is 10.2 Å². The topological polar surface area (TPSA) is 75.6 Å². The molecule has 1 aromatic heterocycles. The van der Waals surface area contributed by atoms with Gasteiger partial charge < -0.3 is 9.64 Å². The Morgan fingerprint density at radius 3 is 2.31 bits per heavy atom. The number of alkyl halides is 3. The second kappa shape index (κ2) is 7.29. The fraction of sp³-hybridized carbons (Fsp3) is 0.444. The number of hydrogen-bond acceptors (Lipinski definition) is 6. The van der Waals surface area contributed by atoms with Crippen molar-refractivity contribution in [2.45, 2.75) is 38.6 Å². The molecule has 2 heterocycles. The molecule has 0 N–H and O–H groups in total. The van der Waals surface area contributed by atoms with Gasteiger partial charge in [-0.05, 0) is 24.3 Å². The smallest absolute Gasteiger partial charge is 0.416 e. The summed E-state index contributed by atoms with van der Waals surface area (Å²) in [5, 5.41) is 9.15. The molecule has 1 atom stereocenters. The van der Waals surface area contributed by atoms with E-state index in [1.807, 2.05) is 20.8 Å². The quantitative estimate of drug-likeness (QED) is 0.693. The molecule has 3 rings (SSSR count). The van der Waals surface area contributed by atoms with Crippen molar-refractivity contribution in [3.05, 3.63) is 40.4 Å². The van der Waals surface area contributed by atoms with Crippen LogP contribution >= 0.6 is 11.3 Å². The molecule has 1 unspecified atom stereocenters. The van der Waals surface area contributed by atoms with E-state index >= 15 is 0 Å². The average molecular weight is 428 g/mol. The van der Waals surface area contributed by atoms with Crippen LogP contribution in [0.15, 0.2) is 24.3 Å². The summed E-state index contributed by atoms with van der Waals surface area (Å²) in [6, 6.07) is 3.28. The van der Waals surface area contributed by atoms with E-state index in [0.717, 1.165) is 24.3 Å². The molecule has 156 valence electrons. The van der Waals surface area contributed by atoms with Crippen LogP contribution in [-0.2, 0) is 16.3 Å². The molecule has 11 heteroatoms. The van der Waals surface area contributed by atoms with Gasteiger partial charge in [0.1, 0.15) is 5.01 Å². The van der Waals surface area contributed by atoms with Gasteiger partial charge in [0.25, 0.3) is 0 Å². The minimum atomic E-state index is -4.50. The van der Waals surface area contributed by atoms with Crippen LogP contribution in [0.1, 0.15) is 41.7 Å².